The molecule has 0 unspecified atom stereocenters. The van der Waals surface area contributed by atoms with Gasteiger partial charge < -0.3 is 14.4 Å². The van der Waals surface area contributed by atoms with Crippen LogP contribution in [0.1, 0.15) is 23.2 Å². The molecule has 0 saturated carbocycles. The highest BCUT2D eigenvalue weighted by Crippen LogP contribution is 2.35. The van der Waals surface area contributed by atoms with E-state index in [1.807, 2.05) is 53.4 Å². The van der Waals surface area contributed by atoms with E-state index in [0.717, 1.165) is 59.6 Å². The fraction of sp³-hybridized carbons (Fsp3) is 0.273. The van der Waals surface area contributed by atoms with E-state index in [9.17, 15) is 4.79 Å². The Morgan fingerprint density at radius 2 is 1.70 bits per heavy atom. The number of ether oxygens (including phenoxy) is 2. The number of carbonyl (C=O) groups is 1. The first kappa shape index (κ1) is 16.1. The molecule has 0 N–H and O–H groups in total. The van der Waals surface area contributed by atoms with Crippen molar-refractivity contribution in [3.63, 3.8) is 0 Å². The normalized spacial score (nSPS) is 15.9. The van der Waals surface area contributed by atoms with E-state index >= 15 is 0 Å². The summed E-state index contributed by atoms with van der Waals surface area (Å²) in [5, 5.41) is 0.899. The fourth-order valence-corrected chi connectivity index (χ4v) is 3.79. The second-order valence-electron chi connectivity index (χ2n) is 6.93. The number of hydrogen-bond donors (Lipinski definition) is 0. The average molecular weight is 360 g/mol. The van der Waals surface area contributed by atoms with Crippen LogP contribution in [0.3, 0.4) is 0 Å². The lowest BCUT2D eigenvalue weighted by Gasteiger charge is -2.19. The van der Waals surface area contributed by atoms with Gasteiger partial charge in [0.15, 0.2) is 11.5 Å². The summed E-state index contributed by atoms with van der Waals surface area (Å²) in [4.78, 5) is 19.9. The van der Waals surface area contributed by atoms with Crippen molar-refractivity contribution >= 4 is 16.8 Å². The van der Waals surface area contributed by atoms with Crippen molar-refractivity contribution in [3.8, 4) is 22.8 Å². The Morgan fingerprint density at radius 1 is 0.926 bits per heavy atom. The summed E-state index contributed by atoms with van der Waals surface area (Å²) in [7, 11) is 0. The molecule has 5 nitrogen and oxygen atoms in total. The molecule has 27 heavy (non-hydrogen) atoms. The lowest BCUT2D eigenvalue weighted by Crippen LogP contribution is -2.27. The predicted octanol–water partition coefficient (Wildman–Crippen LogP) is 3.91. The fourth-order valence-electron chi connectivity index (χ4n) is 3.79. The molecule has 0 spiro atoms. The smallest absolute Gasteiger partial charge is 0.254 e. The number of para-hydroxylation sites is 1. The molecule has 0 aliphatic carbocycles. The quantitative estimate of drug-likeness (QED) is 0.695. The third-order valence-corrected chi connectivity index (χ3v) is 5.18. The Morgan fingerprint density at radius 3 is 2.56 bits per heavy atom. The number of amides is 1. The minimum Gasteiger partial charge on any atom is -0.486 e. The summed E-state index contributed by atoms with van der Waals surface area (Å²) in [6, 6.07) is 15.6. The van der Waals surface area contributed by atoms with Crippen molar-refractivity contribution < 1.29 is 14.3 Å². The number of nitrogens with zero attached hydrogens (tertiary/aromatic N) is 2. The Hall–Kier alpha value is -3.08. The highest BCUT2D eigenvalue weighted by Gasteiger charge is 2.23. The van der Waals surface area contributed by atoms with E-state index in [1.165, 1.54) is 0 Å². The highest BCUT2D eigenvalue weighted by molar-refractivity contribution is 6.07. The molecule has 3 heterocycles. The van der Waals surface area contributed by atoms with Crippen LogP contribution < -0.4 is 9.47 Å². The molecule has 1 saturated heterocycles. The maximum Gasteiger partial charge on any atom is 0.254 e. The summed E-state index contributed by atoms with van der Waals surface area (Å²) in [5.41, 5.74) is 3.23. The largest absolute Gasteiger partial charge is 0.486 e. The minimum atomic E-state index is 0.0879. The number of fused-ring (bicyclic) bond motifs is 2. The van der Waals surface area contributed by atoms with E-state index < -0.39 is 0 Å². The van der Waals surface area contributed by atoms with E-state index in [0.29, 0.717) is 18.8 Å². The molecule has 0 atom stereocenters. The van der Waals surface area contributed by atoms with Gasteiger partial charge in [0.1, 0.15) is 13.2 Å². The lowest BCUT2D eigenvalue weighted by molar-refractivity contribution is 0.0794. The zero-order valence-corrected chi connectivity index (χ0v) is 15.0. The van der Waals surface area contributed by atoms with Crippen molar-refractivity contribution in [1.82, 2.24) is 9.88 Å². The maximum atomic E-state index is 13.1. The molecule has 2 aliphatic heterocycles. The zero-order chi connectivity index (χ0) is 18.2. The Bertz CT molecular complexity index is 1030. The van der Waals surface area contributed by atoms with Gasteiger partial charge in [-0.2, -0.15) is 0 Å². The monoisotopic (exact) mass is 360 g/mol. The van der Waals surface area contributed by atoms with Crippen LogP contribution in [0.2, 0.25) is 0 Å². The predicted molar refractivity (Wildman–Crippen MR) is 103 cm³/mol. The van der Waals surface area contributed by atoms with Crippen LogP contribution in [0.4, 0.5) is 0 Å². The van der Waals surface area contributed by atoms with Crippen molar-refractivity contribution in [2.75, 3.05) is 26.3 Å². The minimum absolute atomic E-state index is 0.0879. The molecule has 0 radical (unpaired) electrons. The average Bonchev–Trinajstić information content (AvgIpc) is 3.27. The summed E-state index contributed by atoms with van der Waals surface area (Å²) in [5.74, 6) is 1.56. The number of aromatic nitrogens is 1. The van der Waals surface area contributed by atoms with Gasteiger partial charge in [0.25, 0.3) is 5.91 Å². The first-order valence-electron chi connectivity index (χ1n) is 9.39. The number of benzene rings is 2. The molecular formula is C22H20N2O3. The molecule has 1 amide bonds. The maximum absolute atomic E-state index is 13.1. The van der Waals surface area contributed by atoms with Gasteiger partial charge in [-0.15, -0.1) is 0 Å². The summed E-state index contributed by atoms with van der Waals surface area (Å²) in [6.45, 7) is 2.76. The van der Waals surface area contributed by atoms with Crippen LogP contribution in [-0.2, 0) is 0 Å². The Balaban J connectivity index is 1.64. The van der Waals surface area contributed by atoms with Gasteiger partial charge in [-0.05, 0) is 43.2 Å². The Labute approximate surface area is 157 Å². The van der Waals surface area contributed by atoms with E-state index in [2.05, 4.69) is 0 Å². The second kappa shape index (κ2) is 6.58. The number of pyridine rings is 1. The SMILES string of the molecule is O=C(c1cc(-c2ccc3c(c2)OCCO3)nc2ccccc12)N1CCCC1. The molecular weight excluding hydrogens is 340 g/mol. The molecule has 3 aromatic rings. The van der Waals surface area contributed by atoms with Gasteiger partial charge in [-0.1, -0.05) is 18.2 Å². The van der Waals surface area contributed by atoms with Crippen LogP contribution in [0.15, 0.2) is 48.5 Å². The van der Waals surface area contributed by atoms with Gasteiger partial charge in [0, 0.05) is 24.0 Å². The van der Waals surface area contributed by atoms with Gasteiger partial charge >= 0.3 is 0 Å². The van der Waals surface area contributed by atoms with Crippen molar-refractivity contribution in [2.45, 2.75) is 12.8 Å². The molecule has 0 bridgehead atoms. The standard InChI is InChI=1S/C22H20N2O3/c25-22(24-9-3-4-10-24)17-14-19(23-18-6-2-1-5-16(17)18)15-7-8-20-21(13-15)27-12-11-26-20/h1-2,5-8,13-14H,3-4,9-12H2. The van der Waals surface area contributed by atoms with E-state index in [1.54, 1.807) is 0 Å². The number of likely N-dealkylation sites (tertiary alicyclic amines) is 1. The van der Waals surface area contributed by atoms with Crippen molar-refractivity contribution in [2.24, 2.45) is 0 Å². The molecule has 1 fully saturated rings. The lowest BCUT2D eigenvalue weighted by atomic mass is 10.0. The van der Waals surface area contributed by atoms with E-state index in [-0.39, 0.29) is 5.91 Å². The van der Waals surface area contributed by atoms with Crippen LogP contribution >= 0.6 is 0 Å². The van der Waals surface area contributed by atoms with Crippen LogP contribution in [0.25, 0.3) is 22.2 Å². The van der Waals surface area contributed by atoms with Gasteiger partial charge in [-0.25, -0.2) is 4.98 Å². The summed E-state index contributed by atoms with van der Waals surface area (Å²) in [6.07, 6.45) is 2.15. The first-order chi connectivity index (χ1) is 13.3. The van der Waals surface area contributed by atoms with E-state index in [4.69, 9.17) is 14.5 Å². The number of rotatable bonds is 2. The molecule has 2 aliphatic rings. The number of carbonyl (C=O) groups excluding carboxylic acids is 1. The third-order valence-electron chi connectivity index (χ3n) is 5.18. The van der Waals surface area contributed by atoms with Crippen LogP contribution in [0, 0.1) is 0 Å². The first-order valence-corrected chi connectivity index (χ1v) is 9.39. The second-order valence-corrected chi connectivity index (χ2v) is 6.93. The van der Waals surface area contributed by atoms with Crippen molar-refractivity contribution in [1.29, 1.82) is 0 Å². The summed E-state index contributed by atoms with van der Waals surface area (Å²) < 4.78 is 11.3. The summed E-state index contributed by atoms with van der Waals surface area (Å²) >= 11 is 0. The molecule has 5 rings (SSSR count). The third kappa shape index (κ3) is 2.89. The topological polar surface area (TPSA) is 51.7 Å². The van der Waals surface area contributed by atoms with Crippen LogP contribution in [-0.4, -0.2) is 42.1 Å². The Kier molecular flexibility index (Phi) is 3.93. The zero-order valence-electron chi connectivity index (χ0n) is 15.0. The molecule has 1 aromatic heterocycles. The number of hydrogen-bond acceptors (Lipinski definition) is 4. The molecule has 136 valence electrons. The van der Waals surface area contributed by atoms with Crippen molar-refractivity contribution in [3.05, 3.63) is 54.1 Å². The van der Waals surface area contributed by atoms with Gasteiger partial charge in [0.2, 0.25) is 0 Å². The molecule has 5 heteroatoms. The highest BCUT2D eigenvalue weighted by atomic mass is 16.6. The van der Waals surface area contributed by atoms with Gasteiger partial charge in [0.05, 0.1) is 16.8 Å². The van der Waals surface area contributed by atoms with Crippen LogP contribution in [0.5, 0.6) is 11.5 Å². The molecule has 2 aromatic carbocycles. The van der Waals surface area contributed by atoms with Gasteiger partial charge in [-0.3, -0.25) is 4.79 Å².